The average molecular weight is 270 g/mol. The molecule has 3 N–H and O–H groups in total. The summed E-state index contributed by atoms with van der Waals surface area (Å²) in [5.41, 5.74) is 2.26. The molecule has 5 nitrogen and oxygen atoms in total. The summed E-state index contributed by atoms with van der Waals surface area (Å²) in [6, 6.07) is 9.96. The van der Waals surface area contributed by atoms with E-state index in [0.717, 1.165) is 16.8 Å². The Kier molecular flexibility index (Phi) is 2.95. The predicted molar refractivity (Wildman–Crippen MR) is 76.0 cm³/mol. The number of H-pyrrole nitrogens is 1. The van der Waals surface area contributed by atoms with Crippen molar-refractivity contribution in [3.05, 3.63) is 36.4 Å². The molecule has 0 aliphatic carbocycles. The number of rotatable bonds is 3. The molecule has 0 fully saturated rings. The Morgan fingerprint density at radius 3 is 2.55 bits per heavy atom. The Balaban J connectivity index is 2.08. The Morgan fingerprint density at radius 1 is 1.10 bits per heavy atom. The number of nitrogens with one attached hydrogen (secondary N) is 1. The molecule has 20 heavy (non-hydrogen) atoms. The number of imidazole rings is 1. The van der Waals surface area contributed by atoms with Gasteiger partial charge in [0.1, 0.15) is 23.1 Å². The summed E-state index contributed by atoms with van der Waals surface area (Å²) in [6.45, 7) is 2.53. The first-order valence-corrected chi connectivity index (χ1v) is 6.31. The molecule has 0 saturated heterocycles. The van der Waals surface area contributed by atoms with Gasteiger partial charge in [0.05, 0.1) is 17.6 Å². The highest BCUT2D eigenvalue weighted by molar-refractivity contribution is 5.81. The summed E-state index contributed by atoms with van der Waals surface area (Å²) in [7, 11) is 0. The second-order valence-corrected chi connectivity index (χ2v) is 4.44. The van der Waals surface area contributed by atoms with Gasteiger partial charge in [-0.15, -0.1) is 0 Å². The number of ether oxygens (including phenoxy) is 1. The van der Waals surface area contributed by atoms with E-state index in [-0.39, 0.29) is 11.5 Å². The van der Waals surface area contributed by atoms with Crippen molar-refractivity contribution in [2.24, 2.45) is 0 Å². The Bertz CT molecular complexity index is 745. The molecule has 3 aromatic rings. The van der Waals surface area contributed by atoms with Gasteiger partial charge in [0.15, 0.2) is 0 Å². The van der Waals surface area contributed by atoms with Crippen molar-refractivity contribution in [2.75, 3.05) is 6.61 Å². The molecule has 5 heteroatoms. The van der Waals surface area contributed by atoms with E-state index in [2.05, 4.69) is 9.97 Å². The van der Waals surface area contributed by atoms with Gasteiger partial charge in [-0.05, 0) is 31.2 Å². The minimum atomic E-state index is -0.00420. The number of aromatic hydroxyl groups is 2. The largest absolute Gasteiger partial charge is 0.508 e. The van der Waals surface area contributed by atoms with Crippen LogP contribution in [0.5, 0.6) is 17.2 Å². The molecule has 102 valence electrons. The monoisotopic (exact) mass is 270 g/mol. The number of nitrogens with zero attached hydrogens (tertiary/aromatic N) is 1. The number of aromatic amines is 1. The second kappa shape index (κ2) is 4.77. The number of fused-ring (bicyclic) bond motifs is 1. The van der Waals surface area contributed by atoms with Gasteiger partial charge in [-0.3, -0.25) is 0 Å². The van der Waals surface area contributed by atoms with Gasteiger partial charge in [-0.25, -0.2) is 4.98 Å². The number of benzene rings is 2. The lowest BCUT2D eigenvalue weighted by atomic mass is 10.2. The molecule has 1 aromatic heterocycles. The van der Waals surface area contributed by atoms with E-state index in [4.69, 9.17) is 4.74 Å². The van der Waals surface area contributed by atoms with Gasteiger partial charge in [0.2, 0.25) is 0 Å². The molecule has 0 unspecified atom stereocenters. The van der Waals surface area contributed by atoms with E-state index in [1.165, 1.54) is 6.07 Å². The normalized spacial score (nSPS) is 10.8. The summed E-state index contributed by atoms with van der Waals surface area (Å²) in [5, 5.41) is 19.0. The molecule has 0 radical (unpaired) electrons. The Morgan fingerprint density at radius 2 is 1.85 bits per heavy atom. The number of phenols is 2. The lowest BCUT2D eigenvalue weighted by Crippen LogP contribution is -1.90. The molecule has 0 atom stereocenters. The lowest BCUT2D eigenvalue weighted by Gasteiger charge is -2.01. The fourth-order valence-electron chi connectivity index (χ4n) is 2.11. The van der Waals surface area contributed by atoms with Crippen LogP contribution in [0.15, 0.2) is 36.4 Å². The SMILES string of the molecule is CCOc1ccc2nc(-c3cc(O)cc(O)c3)[nH]c2c1. The first-order chi connectivity index (χ1) is 9.65. The Labute approximate surface area is 115 Å². The molecule has 0 saturated carbocycles. The highest BCUT2D eigenvalue weighted by atomic mass is 16.5. The van der Waals surface area contributed by atoms with Gasteiger partial charge < -0.3 is 19.9 Å². The maximum Gasteiger partial charge on any atom is 0.138 e. The van der Waals surface area contributed by atoms with E-state index in [0.29, 0.717) is 18.0 Å². The van der Waals surface area contributed by atoms with Crippen molar-refractivity contribution in [1.82, 2.24) is 9.97 Å². The van der Waals surface area contributed by atoms with Gasteiger partial charge in [0, 0.05) is 17.7 Å². The molecule has 0 aliphatic heterocycles. The lowest BCUT2D eigenvalue weighted by molar-refractivity contribution is 0.340. The molecule has 0 spiro atoms. The smallest absolute Gasteiger partial charge is 0.138 e. The van der Waals surface area contributed by atoms with Crippen LogP contribution in [0.25, 0.3) is 22.4 Å². The molecule has 0 amide bonds. The summed E-state index contributed by atoms with van der Waals surface area (Å²) in [4.78, 5) is 7.58. The zero-order chi connectivity index (χ0) is 14.1. The summed E-state index contributed by atoms with van der Waals surface area (Å²) in [6.07, 6.45) is 0. The first kappa shape index (κ1) is 12.3. The summed E-state index contributed by atoms with van der Waals surface area (Å²) < 4.78 is 5.44. The topological polar surface area (TPSA) is 78.4 Å². The number of hydrogen-bond donors (Lipinski definition) is 3. The minimum Gasteiger partial charge on any atom is -0.508 e. The van der Waals surface area contributed by atoms with Gasteiger partial charge in [-0.1, -0.05) is 0 Å². The van der Waals surface area contributed by atoms with E-state index in [1.54, 1.807) is 12.1 Å². The second-order valence-electron chi connectivity index (χ2n) is 4.44. The summed E-state index contributed by atoms with van der Waals surface area (Å²) >= 11 is 0. The van der Waals surface area contributed by atoms with Crippen molar-refractivity contribution in [3.63, 3.8) is 0 Å². The van der Waals surface area contributed by atoms with Crippen molar-refractivity contribution in [2.45, 2.75) is 6.92 Å². The molecule has 2 aromatic carbocycles. The minimum absolute atomic E-state index is 0.00420. The number of hydrogen-bond acceptors (Lipinski definition) is 4. The van der Waals surface area contributed by atoms with Gasteiger partial charge in [0.25, 0.3) is 0 Å². The van der Waals surface area contributed by atoms with Crippen LogP contribution in [0, 0.1) is 0 Å². The van der Waals surface area contributed by atoms with Crippen molar-refractivity contribution in [3.8, 4) is 28.6 Å². The van der Waals surface area contributed by atoms with E-state index >= 15 is 0 Å². The van der Waals surface area contributed by atoms with Crippen LogP contribution >= 0.6 is 0 Å². The van der Waals surface area contributed by atoms with Crippen LogP contribution < -0.4 is 4.74 Å². The van der Waals surface area contributed by atoms with Crippen LogP contribution in [0.1, 0.15) is 6.92 Å². The highest BCUT2D eigenvalue weighted by Crippen LogP contribution is 2.29. The third kappa shape index (κ3) is 2.25. The first-order valence-electron chi connectivity index (χ1n) is 6.31. The maximum absolute atomic E-state index is 9.52. The molecule has 3 rings (SSSR count). The van der Waals surface area contributed by atoms with E-state index < -0.39 is 0 Å². The van der Waals surface area contributed by atoms with Crippen molar-refractivity contribution >= 4 is 11.0 Å². The fraction of sp³-hybridized carbons (Fsp3) is 0.133. The average Bonchev–Trinajstić information content (AvgIpc) is 2.81. The van der Waals surface area contributed by atoms with E-state index in [1.807, 2.05) is 25.1 Å². The van der Waals surface area contributed by atoms with Gasteiger partial charge in [-0.2, -0.15) is 0 Å². The number of phenolic OH excluding ortho intramolecular Hbond substituents is 2. The third-order valence-corrected chi connectivity index (χ3v) is 2.94. The van der Waals surface area contributed by atoms with Crippen LogP contribution in [0.2, 0.25) is 0 Å². The Hall–Kier alpha value is -2.69. The molecular formula is C15H14N2O3. The standard InChI is InChI=1S/C15H14N2O3/c1-2-20-12-3-4-13-14(8-12)17-15(16-13)9-5-10(18)7-11(19)6-9/h3-8,18-19H,2H2,1H3,(H,16,17). The quantitative estimate of drug-likeness (QED) is 0.683. The molecule has 1 heterocycles. The summed E-state index contributed by atoms with van der Waals surface area (Å²) in [5.74, 6) is 1.35. The maximum atomic E-state index is 9.52. The van der Waals surface area contributed by atoms with Crippen LogP contribution in [-0.2, 0) is 0 Å². The van der Waals surface area contributed by atoms with Crippen LogP contribution in [0.4, 0.5) is 0 Å². The highest BCUT2D eigenvalue weighted by Gasteiger charge is 2.08. The zero-order valence-electron chi connectivity index (χ0n) is 10.9. The van der Waals surface area contributed by atoms with Crippen molar-refractivity contribution in [1.29, 1.82) is 0 Å². The predicted octanol–water partition coefficient (Wildman–Crippen LogP) is 3.04. The number of aromatic nitrogens is 2. The molecule has 0 aliphatic rings. The third-order valence-electron chi connectivity index (χ3n) is 2.94. The van der Waals surface area contributed by atoms with E-state index in [9.17, 15) is 10.2 Å². The fourth-order valence-corrected chi connectivity index (χ4v) is 2.11. The van der Waals surface area contributed by atoms with Crippen LogP contribution in [0.3, 0.4) is 0 Å². The van der Waals surface area contributed by atoms with Crippen LogP contribution in [-0.4, -0.2) is 26.8 Å². The van der Waals surface area contributed by atoms with Gasteiger partial charge >= 0.3 is 0 Å². The zero-order valence-corrected chi connectivity index (χ0v) is 10.9. The molecule has 0 bridgehead atoms. The van der Waals surface area contributed by atoms with Crippen molar-refractivity contribution < 1.29 is 14.9 Å². The molecular weight excluding hydrogens is 256 g/mol.